The Balaban J connectivity index is 1.42. The second-order valence-electron chi connectivity index (χ2n) is 10.2. The number of carbonyl (C=O) groups is 2. The lowest BCUT2D eigenvalue weighted by atomic mass is 10.1. The first-order valence-electron chi connectivity index (χ1n) is 13.5. The number of nitrogens with zero attached hydrogens (tertiary/aromatic N) is 6. The van der Waals surface area contributed by atoms with E-state index < -0.39 is 0 Å². The Kier molecular flexibility index (Phi) is 6.69. The van der Waals surface area contributed by atoms with E-state index in [9.17, 15) is 14.4 Å². The van der Waals surface area contributed by atoms with Gasteiger partial charge in [0.2, 0.25) is 11.3 Å². The molecule has 6 rings (SSSR count). The van der Waals surface area contributed by atoms with Gasteiger partial charge in [0, 0.05) is 66.3 Å². The number of pyridine rings is 2. The van der Waals surface area contributed by atoms with Crippen LogP contribution in [0.2, 0.25) is 0 Å². The Hall–Kier alpha value is -3.96. The van der Waals surface area contributed by atoms with Crippen LogP contribution in [-0.4, -0.2) is 101 Å². The SMILES string of the molecule is CC(=O)N1CCN(c2ccc3c(=O)c(C(=O)NCCN4CCOCC4)c4n(C)c5ccccc5n4c3n2)CC1. The van der Waals surface area contributed by atoms with Crippen LogP contribution in [0.15, 0.2) is 41.2 Å². The van der Waals surface area contributed by atoms with Gasteiger partial charge < -0.3 is 24.4 Å². The number of morpholine rings is 1. The van der Waals surface area contributed by atoms with E-state index in [0.717, 1.165) is 29.9 Å². The summed E-state index contributed by atoms with van der Waals surface area (Å²) < 4.78 is 9.23. The van der Waals surface area contributed by atoms with Crippen molar-refractivity contribution < 1.29 is 14.3 Å². The van der Waals surface area contributed by atoms with Gasteiger partial charge >= 0.3 is 0 Å². The van der Waals surface area contributed by atoms with Gasteiger partial charge in [0.05, 0.1) is 29.6 Å². The molecule has 11 nitrogen and oxygen atoms in total. The fourth-order valence-electron chi connectivity index (χ4n) is 5.70. The summed E-state index contributed by atoms with van der Waals surface area (Å²) in [7, 11) is 1.87. The molecular weight excluding hydrogens is 498 g/mol. The smallest absolute Gasteiger partial charge is 0.259 e. The number of benzene rings is 1. The Morgan fingerprint density at radius 2 is 1.69 bits per heavy atom. The fraction of sp³-hybridized carbons (Fsp3) is 0.429. The van der Waals surface area contributed by atoms with Crippen molar-refractivity contribution in [2.45, 2.75) is 6.92 Å². The minimum absolute atomic E-state index is 0.0703. The number of aryl methyl sites for hydroxylation is 1. The number of ether oxygens (including phenoxy) is 1. The van der Waals surface area contributed by atoms with E-state index in [1.807, 2.05) is 51.2 Å². The summed E-state index contributed by atoms with van der Waals surface area (Å²) >= 11 is 0. The number of anilines is 1. The van der Waals surface area contributed by atoms with E-state index in [1.54, 1.807) is 13.0 Å². The lowest BCUT2D eigenvalue weighted by Crippen LogP contribution is -2.48. The van der Waals surface area contributed by atoms with Crippen LogP contribution >= 0.6 is 0 Å². The molecule has 0 radical (unpaired) electrons. The van der Waals surface area contributed by atoms with Crippen molar-refractivity contribution in [3.63, 3.8) is 0 Å². The average molecular weight is 532 g/mol. The van der Waals surface area contributed by atoms with Crippen LogP contribution in [0.4, 0.5) is 5.82 Å². The molecule has 1 aromatic carbocycles. The summed E-state index contributed by atoms with van der Waals surface area (Å²) in [5.74, 6) is 0.429. The number of rotatable bonds is 5. The molecule has 4 aromatic rings. The number of amides is 2. The number of aromatic nitrogens is 3. The van der Waals surface area contributed by atoms with Crippen molar-refractivity contribution in [1.29, 1.82) is 0 Å². The molecule has 204 valence electrons. The first kappa shape index (κ1) is 25.3. The molecule has 2 amide bonds. The molecule has 5 heterocycles. The molecule has 0 atom stereocenters. The number of para-hydroxylation sites is 2. The van der Waals surface area contributed by atoms with Crippen molar-refractivity contribution in [3.05, 3.63) is 52.2 Å². The van der Waals surface area contributed by atoms with Gasteiger partial charge in [-0.05, 0) is 24.3 Å². The molecule has 11 heteroatoms. The van der Waals surface area contributed by atoms with Gasteiger partial charge in [0.1, 0.15) is 17.0 Å². The maximum absolute atomic E-state index is 13.9. The zero-order valence-corrected chi connectivity index (χ0v) is 22.4. The average Bonchev–Trinajstić information content (AvgIpc) is 3.26. The van der Waals surface area contributed by atoms with E-state index in [4.69, 9.17) is 9.72 Å². The number of piperazine rings is 1. The van der Waals surface area contributed by atoms with E-state index in [-0.39, 0.29) is 22.8 Å². The summed E-state index contributed by atoms with van der Waals surface area (Å²) in [4.78, 5) is 50.4. The topological polar surface area (TPSA) is 104 Å². The second kappa shape index (κ2) is 10.3. The minimum Gasteiger partial charge on any atom is -0.379 e. The predicted molar refractivity (Wildman–Crippen MR) is 150 cm³/mol. The Labute approximate surface area is 225 Å². The van der Waals surface area contributed by atoms with E-state index in [1.165, 1.54) is 0 Å². The molecule has 3 aromatic heterocycles. The number of fused-ring (bicyclic) bond motifs is 5. The van der Waals surface area contributed by atoms with Gasteiger partial charge in [-0.1, -0.05) is 12.1 Å². The first-order valence-corrected chi connectivity index (χ1v) is 13.5. The van der Waals surface area contributed by atoms with Crippen LogP contribution in [0.25, 0.3) is 27.7 Å². The van der Waals surface area contributed by atoms with Gasteiger partial charge in [0.15, 0.2) is 5.65 Å². The summed E-state index contributed by atoms with van der Waals surface area (Å²) in [6, 6.07) is 11.5. The highest BCUT2D eigenvalue weighted by Crippen LogP contribution is 2.27. The highest BCUT2D eigenvalue weighted by atomic mass is 16.5. The van der Waals surface area contributed by atoms with Crippen LogP contribution in [0.5, 0.6) is 0 Å². The fourth-order valence-corrected chi connectivity index (χ4v) is 5.70. The summed E-state index contributed by atoms with van der Waals surface area (Å²) in [5, 5.41) is 3.38. The number of nitrogens with one attached hydrogen (secondary N) is 1. The van der Waals surface area contributed by atoms with Gasteiger partial charge in [-0.2, -0.15) is 0 Å². The standard InChI is InChI=1S/C28H33N7O4/c1-19(36)33-11-13-34(14-12-33)23-8-7-20-25(37)24(27(38)29-9-10-32-15-17-39-18-16-32)28-31(2)21-5-3-4-6-22(21)35(28)26(20)30-23/h3-8H,9-18H2,1-2H3,(H,29,38). The van der Waals surface area contributed by atoms with Crippen molar-refractivity contribution in [1.82, 2.24) is 29.1 Å². The Morgan fingerprint density at radius 1 is 0.974 bits per heavy atom. The molecule has 2 aliphatic heterocycles. The summed E-state index contributed by atoms with van der Waals surface area (Å²) in [5.41, 5.74) is 2.59. The molecule has 2 saturated heterocycles. The zero-order valence-electron chi connectivity index (χ0n) is 22.4. The molecule has 39 heavy (non-hydrogen) atoms. The van der Waals surface area contributed by atoms with E-state index in [2.05, 4.69) is 15.1 Å². The molecule has 0 unspecified atom stereocenters. The minimum atomic E-state index is -0.386. The van der Waals surface area contributed by atoms with Crippen molar-refractivity contribution in [2.75, 3.05) is 70.5 Å². The van der Waals surface area contributed by atoms with Crippen molar-refractivity contribution in [2.24, 2.45) is 7.05 Å². The highest BCUT2D eigenvalue weighted by molar-refractivity contribution is 6.05. The number of imidazole rings is 1. The third kappa shape index (κ3) is 4.51. The Bertz CT molecular complexity index is 1630. The maximum Gasteiger partial charge on any atom is 0.259 e. The third-order valence-corrected chi connectivity index (χ3v) is 7.87. The zero-order chi connectivity index (χ0) is 27.1. The van der Waals surface area contributed by atoms with Crippen molar-refractivity contribution >= 4 is 45.3 Å². The Morgan fingerprint density at radius 3 is 2.41 bits per heavy atom. The maximum atomic E-state index is 13.9. The second-order valence-corrected chi connectivity index (χ2v) is 10.2. The molecule has 1 N–H and O–H groups in total. The lowest BCUT2D eigenvalue weighted by Gasteiger charge is -2.35. The van der Waals surface area contributed by atoms with Gasteiger partial charge in [-0.15, -0.1) is 0 Å². The van der Waals surface area contributed by atoms with Crippen LogP contribution < -0.4 is 15.6 Å². The van der Waals surface area contributed by atoms with Gasteiger partial charge in [0.25, 0.3) is 5.91 Å². The number of carbonyl (C=O) groups excluding carboxylic acids is 2. The first-order chi connectivity index (χ1) is 18.9. The van der Waals surface area contributed by atoms with Crippen LogP contribution in [0.3, 0.4) is 0 Å². The molecule has 0 bridgehead atoms. The predicted octanol–water partition coefficient (Wildman–Crippen LogP) is 1.07. The van der Waals surface area contributed by atoms with Gasteiger partial charge in [-0.25, -0.2) is 4.98 Å². The van der Waals surface area contributed by atoms with E-state index in [0.29, 0.717) is 69.2 Å². The molecule has 0 spiro atoms. The molecule has 2 fully saturated rings. The van der Waals surface area contributed by atoms with Crippen LogP contribution in [0, 0.1) is 0 Å². The third-order valence-electron chi connectivity index (χ3n) is 7.87. The quantitative estimate of drug-likeness (QED) is 0.411. The largest absolute Gasteiger partial charge is 0.379 e. The van der Waals surface area contributed by atoms with Crippen LogP contribution in [0.1, 0.15) is 17.3 Å². The summed E-state index contributed by atoms with van der Waals surface area (Å²) in [6.07, 6.45) is 0. The van der Waals surface area contributed by atoms with Crippen molar-refractivity contribution in [3.8, 4) is 0 Å². The molecular formula is C28H33N7O4. The summed E-state index contributed by atoms with van der Waals surface area (Å²) in [6.45, 7) is 8.36. The highest BCUT2D eigenvalue weighted by Gasteiger charge is 2.26. The molecule has 0 aliphatic carbocycles. The lowest BCUT2D eigenvalue weighted by molar-refractivity contribution is -0.129. The van der Waals surface area contributed by atoms with E-state index >= 15 is 0 Å². The monoisotopic (exact) mass is 531 g/mol. The molecule has 0 saturated carbocycles. The number of hydrogen-bond donors (Lipinski definition) is 1. The number of hydrogen-bond acceptors (Lipinski definition) is 7. The van der Waals surface area contributed by atoms with Gasteiger partial charge in [-0.3, -0.25) is 23.7 Å². The normalized spacial score (nSPS) is 16.9. The van der Waals surface area contributed by atoms with Crippen LogP contribution in [-0.2, 0) is 16.6 Å². The molecule has 2 aliphatic rings.